The maximum absolute atomic E-state index is 12.9. The zero-order chi connectivity index (χ0) is 31.7. The zero-order valence-corrected chi connectivity index (χ0v) is 26.1. The fourth-order valence-electron chi connectivity index (χ4n) is 4.79. The van der Waals surface area contributed by atoms with E-state index < -0.39 is 34.2 Å². The number of pyridine rings is 2. The average molecular weight is 641 g/mol. The van der Waals surface area contributed by atoms with Crippen molar-refractivity contribution >= 4 is 42.0 Å². The molecular weight excluding hydrogens is 598 g/mol. The molecule has 0 atom stereocenters. The number of rotatable bonds is 6. The molecule has 0 saturated carbocycles. The summed E-state index contributed by atoms with van der Waals surface area (Å²) in [6, 6.07) is 5.33. The Labute approximate surface area is 262 Å². The second-order valence-corrected chi connectivity index (χ2v) is 11.8. The maximum Gasteiger partial charge on any atom is 0.410 e. The summed E-state index contributed by atoms with van der Waals surface area (Å²) in [6.07, 6.45) is 3.99. The molecule has 3 amide bonds. The normalized spacial score (nSPS) is 17.2. The Balaban J connectivity index is 0.000000315. The molecule has 7 N–H and O–H groups in total. The van der Waals surface area contributed by atoms with Gasteiger partial charge in [0.2, 0.25) is 11.8 Å². The van der Waals surface area contributed by atoms with Gasteiger partial charge < -0.3 is 37.1 Å². The number of halogens is 3. The van der Waals surface area contributed by atoms with Crippen LogP contribution in [0.15, 0.2) is 36.7 Å². The summed E-state index contributed by atoms with van der Waals surface area (Å²) in [4.78, 5) is 46.3. The average Bonchev–Trinajstić information content (AvgIpc) is 2.99. The summed E-state index contributed by atoms with van der Waals surface area (Å²) < 4.78 is 31.0. The number of carbonyl (C=O) groups is 3. The molecule has 4 rings (SSSR count). The van der Waals surface area contributed by atoms with Gasteiger partial charge in [-0.05, 0) is 83.8 Å². The van der Waals surface area contributed by atoms with Gasteiger partial charge in [0.15, 0.2) is 0 Å². The van der Waals surface area contributed by atoms with Crippen LogP contribution in [0.1, 0.15) is 46.5 Å². The molecule has 0 aromatic carbocycles. The molecule has 2 aliphatic heterocycles. The molecule has 2 fully saturated rings. The lowest BCUT2D eigenvalue weighted by atomic mass is 9.77. The Morgan fingerprint density at radius 2 is 1.30 bits per heavy atom. The number of carbonyl (C=O) groups excluding carboxylic acids is 3. The first-order chi connectivity index (χ1) is 20.3. The number of nitrogens with two attached hydrogens (primary N) is 2. The zero-order valence-electron chi connectivity index (χ0n) is 25.3. The van der Waals surface area contributed by atoms with E-state index in [1.54, 1.807) is 4.90 Å². The van der Waals surface area contributed by atoms with Crippen molar-refractivity contribution in [3.63, 3.8) is 0 Å². The third-order valence-electron chi connectivity index (χ3n) is 7.62. The van der Waals surface area contributed by atoms with Gasteiger partial charge in [-0.2, -0.15) is 0 Å². The van der Waals surface area contributed by atoms with Crippen molar-refractivity contribution in [3.8, 4) is 0 Å². The molecule has 15 heteroatoms. The summed E-state index contributed by atoms with van der Waals surface area (Å²) in [6.45, 7) is 8.21. The van der Waals surface area contributed by atoms with Crippen LogP contribution in [0.5, 0.6) is 0 Å². The summed E-state index contributed by atoms with van der Waals surface area (Å²) >= 11 is 0. The van der Waals surface area contributed by atoms with Gasteiger partial charge in [-0.25, -0.2) is 23.5 Å². The van der Waals surface area contributed by atoms with Crippen LogP contribution < -0.4 is 27.4 Å². The molecule has 0 aliphatic carbocycles. The van der Waals surface area contributed by atoms with Gasteiger partial charge in [0.05, 0.1) is 23.2 Å². The van der Waals surface area contributed by atoms with Crippen molar-refractivity contribution in [2.24, 2.45) is 22.3 Å². The number of hydrogen-bond acceptors (Lipinski definition) is 9. The fourth-order valence-corrected chi connectivity index (χ4v) is 4.79. The Morgan fingerprint density at radius 1 is 0.864 bits per heavy atom. The van der Waals surface area contributed by atoms with Crippen LogP contribution >= 0.6 is 12.4 Å². The van der Waals surface area contributed by atoms with Gasteiger partial charge in [0.25, 0.3) is 0 Å². The molecule has 2 saturated heterocycles. The van der Waals surface area contributed by atoms with Crippen LogP contribution in [0.2, 0.25) is 0 Å². The number of nitrogens with zero attached hydrogens (tertiary/aromatic N) is 3. The summed E-state index contributed by atoms with van der Waals surface area (Å²) in [5.41, 5.74) is 9.72. The topological polar surface area (TPSA) is 178 Å². The SMILES string of the molecule is CC(C)(C)OC(=O)N1CCC(CN)(C(=O)Nc2ccc(F)cn2)CC1.Cl.NCC1(C(=O)Nc2ccc(F)cn2)CCNCC1. The number of aromatic nitrogens is 2. The van der Waals surface area contributed by atoms with E-state index in [2.05, 4.69) is 25.9 Å². The summed E-state index contributed by atoms with van der Waals surface area (Å²) in [5, 5.41) is 8.59. The third kappa shape index (κ3) is 10.0. The van der Waals surface area contributed by atoms with E-state index in [1.165, 1.54) is 24.3 Å². The van der Waals surface area contributed by atoms with E-state index >= 15 is 0 Å². The highest BCUT2D eigenvalue weighted by molar-refractivity contribution is 5.95. The smallest absolute Gasteiger partial charge is 0.410 e. The van der Waals surface area contributed by atoms with Gasteiger partial charge in [0, 0.05) is 26.2 Å². The van der Waals surface area contributed by atoms with Gasteiger partial charge in [-0.1, -0.05) is 0 Å². The molecule has 2 aliphatic rings. The van der Waals surface area contributed by atoms with Crippen LogP contribution in [-0.4, -0.2) is 77.6 Å². The first-order valence-corrected chi connectivity index (χ1v) is 14.3. The standard InChI is InChI=1S/C17H25FN4O3.C12H17FN4O.ClH/c1-16(2,3)25-15(24)22-8-6-17(11-19,7-9-22)14(23)21-13-5-4-12(18)10-20-13;13-9-1-2-10(16-7-9)17-11(18)12(8-14)3-5-15-6-4-12;/h4-5,10H,6-9,11,19H2,1-3H3,(H,20,21,23);1-2,7,15H,3-6,8,14H2,(H,16,17,18);1H. The summed E-state index contributed by atoms with van der Waals surface area (Å²) in [7, 11) is 0. The highest BCUT2D eigenvalue weighted by Crippen LogP contribution is 2.33. The van der Waals surface area contributed by atoms with Gasteiger partial charge in [-0.15, -0.1) is 12.4 Å². The van der Waals surface area contributed by atoms with E-state index in [0.29, 0.717) is 51.1 Å². The molecule has 0 spiro atoms. The van der Waals surface area contributed by atoms with Gasteiger partial charge >= 0.3 is 6.09 Å². The number of hydrogen-bond donors (Lipinski definition) is 5. The second kappa shape index (κ2) is 16.0. The van der Waals surface area contributed by atoms with E-state index in [9.17, 15) is 23.2 Å². The van der Waals surface area contributed by atoms with Crippen LogP contribution in [0.4, 0.5) is 25.2 Å². The minimum absolute atomic E-state index is 0. The monoisotopic (exact) mass is 640 g/mol. The Hall–Kier alpha value is -3.46. The quantitative estimate of drug-likeness (QED) is 0.317. The van der Waals surface area contributed by atoms with Crippen molar-refractivity contribution in [2.75, 3.05) is 49.9 Å². The lowest BCUT2D eigenvalue weighted by Gasteiger charge is -2.40. The highest BCUT2D eigenvalue weighted by atomic mass is 35.5. The van der Waals surface area contributed by atoms with Crippen LogP contribution in [0, 0.1) is 22.5 Å². The first kappa shape index (κ1) is 36.7. The predicted octanol–water partition coefficient (Wildman–Crippen LogP) is 3.04. The molecule has 12 nitrogen and oxygen atoms in total. The van der Waals surface area contributed by atoms with E-state index in [-0.39, 0.29) is 36.6 Å². The van der Waals surface area contributed by atoms with Crippen LogP contribution in [0.25, 0.3) is 0 Å². The molecule has 2 aromatic rings. The number of piperidine rings is 2. The molecule has 44 heavy (non-hydrogen) atoms. The lowest BCUT2D eigenvalue weighted by molar-refractivity contribution is -0.128. The summed E-state index contributed by atoms with van der Waals surface area (Å²) in [5.74, 6) is -0.675. The van der Waals surface area contributed by atoms with Crippen LogP contribution in [0.3, 0.4) is 0 Å². The molecule has 0 unspecified atom stereocenters. The molecule has 244 valence electrons. The molecule has 2 aromatic heterocycles. The van der Waals surface area contributed by atoms with E-state index in [1.807, 2.05) is 20.8 Å². The largest absolute Gasteiger partial charge is 0.444 e. The van der Waals surface area contributed by atoms with E-state index in [4.69, 9.17) is 16.2 Å². The van der Waals surface area contributed by atoms with Gasteiger partial charge in [-0.3, -0.25) is 9.59 Å². The molecular formula is C29H43ClF2N8O4. The van der Waals surface area contributed by atoms with Crippen molar-refractivity contribution < 1.29 is 27.9 Å². The number of anilines is 2. The molecule has 0 radical (unpaired) electrons. The van der Waals surface area contributed by atoms with Crippen molar-refractivity contribution in [3.05, 3.63) is 48.3 Å². The minimum atomic E-state index is -0.783. The Morgan fingerprint density at radius 3 is 1.66 bits per heavy atom. The predicted molar refractivity (Wildman–Crippen MR) is 165 cm³/mol. The third-order valence-corrected chi connectivity index (χ3v) is 7.62. The highest BCUT2D eigenvalue weighted by Gasteiger charge is 2.42. The Kier molecular flexibility index (Phi) is 13.4. The van der Waals surface area contributed by atoms with Crippen LogP contribution in [-0.2, 0) is 14.3 Å². The van der Waals surface area contributed by atoms with Crippen molar-refractivity contribution in [1.82, 2.24) is 20.2 Å². The number of ether oxygens (including phenoxy) is 1. The molecule has 4 heterocycles. The van der Waals surface area contributed by atoms with Gasteiger partial charge in [0.1, 0.15) is 28.9 Å². The number of amides is 3. The van der Waals surface area contributed by atoms with E-state index in [0.717, 1.165) is 25.5 Å². The van der Waals surface area contributed by atoms with Crippen molar-refractivity contribution in [1.29, 1.82) is 0 Å². The number of nitrogens with one attached hydrogen (secondary N) is 3. The minimum Gasteiger partial charge on any atom is -0.444 e. The lowest BCUT2D eigenvalue weighted by Crippen LogP contribution is -2.52. The second-order valence-electron chi connectivity index (χ2n) is 11.8. The first-order valence-electron chi connectivity index (χ1n) is 14.3. The number of likely N-dealkylation sites (tertiary alicyclic amines) is 1. The molecule has 0 bridgehead atoms. The van der Waals surface area contributed by atoms with Crippen molar-refractivity contribution in [2.45, 2.75) is 52.1 Å². The fraction of sp³-hybridized carbons (Fsp3) is 0.552. The Bertz CT molecular complexity index is 1230. The maximum atomic E-state index is 12.9.